The molecule has 22 heavy (non-hydrogen) atoms. The summed E-state index contributed by atoms with van der Waals surface area (Å²) in [5.74, 6) is -0.295. The van der Waals surface area contributed by atoms with Gasteiger partial charge in [-0.15, -0.1) is 0 Å². The first-order valence-electron chi connectivity index (χ1n) is 8.13. The molecule has 1 aliphatic rings. The molecule has 0 saturated carbocycles. The lowest BCUT2D eigenvalue weighted by Crippen LogP contribution is -2.41. The van der Waals surface area contributed by atoms with Crippen molar-refractivity contribution in [1.82, 2.24) is 4.90 Å². The number of carbonyl (C=O) groups is 1. The van der Waals surface area contributed by atoms with E-state index in [0.29, 0.717) is 12.2 Å². The zero-order chi connectivity index (χ0) is 16.0. The fourth-order valence-electron chi connectivity index (χ4n) is 3.33. The molecule has 4 nitrogen and oxygen atoms in total. The fourth-order valence-corrected chi connectivity index (χ4v) is 3.33. The van der Waals surface area contributed by atoms with E-state index in [9.17, 15) is 9.90 Å². The minimum atomic E-state index is -0.295. The predicted octanol–water partition coefficient (Wildman–Crippen LogP) is 2.85. The van der Waals surface area contributed by atoms with E-state index in [1.807, 2.05) is 24.3 Å². The number of likely N-dealkylation sites (tertiary alicyclic amines) is 1. The Kier molecular flexibility index (Phi) is 5.98. The van der Waals surface area contributed by atoms with Gasteiger partial charge >= 0.3 is 5.97 Å². The van der Waals surface area contributed by atoms with E-state index in [2.05, 4.69) is 11.8 Å². The van der Waals surface area contributed by atoms with Crippen molar-refractivity contribution in [2.45, 2.75) is 39.2 Å². The van der Waals surface area contributed by atoms with Crippen molar-refractivity contribution >= 4 is 5.97 Å². The Hall–Kier alpha value is -1.39. The fraction of sp³-hybridized carbons (Fsp3) is 0.611. The number of piperidine rings is 1. The Morgan fingerprint density at radius 1 is 1.27 bits per heavy atom. The molecule has 1 aromatic rings. The summed E-state index contributed by atoms with van der Waals surface area (Å²) in [6.45, 7) is 5.45. The Labute approximate surface area is 133 Å². The minimum Gasteiger partial charge on any atom is -0.465 e. The zero-order valence-electron chi connectivity index (χ0n) is 13.7. The summed E-state index contributed by atoms with van der Waals surface area (Å²) in [5.41, 5.74) is 1.94. The first-order valence-corrected chi connectivity index (χ1v) is 8.13. The summed E-state index contributed by atoms with van der Waals surface area (Å²) in [5, 5.41) is 9.69. The van der Waals surface area contributed by atoms with Gasteiger partial charge in [0.05, 0.1) is 12.7 Å². The molecule has 4 heteroatoms. The second kappa shape index (κ2) is 7.75. The normalized spacial score (nSPS) is 18.1. The number of rotatable bonds is 6. The highest BCUT2D eigenvalue weighted by molar-refractivity contribution is 5.89. The monoisotopic (exact) mass is 305 g/mol. The van der Waals surface area contributed by atoms with Crippen molar-refractivity contribution in [3.8, 4) is 0 Å². The maximum atomic E-state index is 11.4. The lowest BCUT2D eigenvalue weighted by atomic mass is 9.75. The molecule has 1 fully saturated rings. The lowest BCUT2D eigenvalue weighted by molar-refractivity contribution is 0.0339. The van der Waals surface area contributed by atoms with Crippen LogP contribution in [0.15, 0.2) is 24.3 Å². The summed E-state index contributed by atoms with van der Waals surface area (Å²) < 4.78 is 4.71. The molecule has 1 aromatic carbocycles. The molecule has 1 N–H and O–H groups in total. The highest BCUT2D eigenvalue weighted by Crippen LogP contribution is 2.35. The van der Waals surface area contributed by atoms with Crippen molar-refractivity contribution in [2.24, 2.45) is 5.41 Å². The Morgan fingerprint density at radius 2 is 1.91 bits per heavy atom. The maximum Gasteiger partial charge on any atom is 0.337 e. The van der Waals surface area contributed by atoms with Crippen LogP contribution in [-0.4, -0.2) is 42.8 Å². The van der Waals surface area contributed by atoms with Gasteiger partial charge in [-0.2, -0.15) is 0 Å². The molecule has 0 radical (unpaired) electrons. The molecule has 1 aliphatic heterocycles. The number of hydrogen-bond acceptors (Lipinski definition) is 4. The number of aliphatic hydroxyl groups excluding tert-OH is 1. The van der Waals surface area contributed by atoms with E-state index in [1.165, 1.54) is 12.7 Å². The van der Waals surface area contributed by atoms with Crippen LogP contribution in [0.2, 0.25) is 0 Å². The third kappa shape index (κ3) is 4.08. The number of esters is 1. The number of nitrogens with zero attached hydrogens (tertiary/aromatic N) is 1. The van der Waals surface area contributed by atoms with Crippen molar-refractivity contribution in [3.05, 3.63) is 35.4 Å². The number of aliphatic hydroxyl groups is 1. The third-order valence-corrected chi connectivity index (χ3v) is 4.81. The van der Waals surface area contributed by atoms with Crippen LogP contribution in [0.1, 0.15) is 48.5 Å². The zero-order valence-corrected chi connectivity index (χ0v) is 13.7. The van der Waals surface area contributed by atoms with Gasteiger partial charge in [-0.25, -0.2) is 4.79 Å². The second-order valence-corrected chi connectivity index (χ2v) is 6.37. The van der Waals surface area contributed by atoms with Gasteiger partial charge in [0.2, 0.25) is 0 Å². The smallest absolute Gasteiger partial charge is 0.337 e. The van der Waals surface area contributed by atoms with E-state index in [1.54, 1.807) is 0 Å². The van der Waals surface area contributed by atoms with Crippen LogP contribution in [0.5, 0.6) is 0 Å². The summed E-state index contributed by atoms with van der Waals surface area (Å²) in [6, 6.07) is 7.62. The van der Waals surface area contributed by atoms with Crippen molar-refractivity contribution in [2.75, 3.05) is 26.8 Å². The molecule has 122 valence electrons. The van der Waals surface area contributed by atoms with Crippen LogP contribution < -0.4 is 0 Å². The van der Waals surface area contributed by atoms with Gasteiger partial charge in [-0.05, 0) is 55.5 Å². The van der Waals surface area contributed by atoms with Gasteiger partial charge in [0.25, 0.3) is 0 Å². The number of ether oxygens (including phenoxy) is 1. The minimum absolute atomic E-state index is 0.139. The molecule has 0 atom stereocenters. The second-order valence-electron chi connectivity index (χ2n) is 6.37. The summed E-state index contributed by atoms with van der Waals surface area (Å²) in [7, 11) is 1.40. The van der Waals surface area contributed by atoms with Crippen molar-refractivity contribution in [3.63, 3.8) is 0 Å². The third-order valence-electron chi connectivity index (χ3n) is 4.81. The Bertz CT molecular complexity index is 476. The number of methoxy groups -OCH3 is 1. The van der Waals surface area contributed by atoms with Crippen LogP contribution >= 0.6 is 0 Å². The SMILES string of the molecule is CCCC1(CO)CCN(Cc2ccc(C(=O)OC)cc2)CC1. The lowest BCUT2D eigenvalue weighted by Gasteiger charge is -2.40. The topological polar surface area (TPSA) is 49.8 Å². The summed E-state index contributed by atoms with van der Waals surface area (Å²) in [4.78, 5) is 13.9. The summed E-state index contributed by atoms with van der Waals surface area (Å²) in [6.07, 6.45) is 4.38. The molecule has 1 saturated heterocycles. The van der Waals surface area contributed by atoms with E-state index in [4.69, 9.17) is 4.74 Å². The quantitative estimate of drug-likeness (QED) is 0.821. The molecular formula is C18H27NO3. The first kappa shape index (κ1) is 17.0. The van der Waals surface area contributed by atoms with Gasteiger partial charge in [-0.3, -0.25) is 4.90 Å². The first-order chi connectivity index (χ1) is 10.6. The molecule has 0 unspecified atom stereocenters. The average molecular weight is 305 g/mol. The van der Waals surface area contributed by atoms with E-state index >= 15 is 0 Å². The molecule has 0 amide bonds. The van der Waals surface area contributed by atoms with Crippen LogP contribution in [0, 0.1) is 5.41 Å². The van der Waals surface area contributed by atoms with Gasteiger partial charge in [0, 0.05) is 13.2 Å². The molecule has 0 aromatic heterocycles. The largest absolute Gasteiger partial charge is 0.465 e. The number of carbonyl (C=O) groups excluding carboxylic acids is 1. The van der Waals surface area contributed by atoms with E-state index < -0.39 is 0 Å². The van der Waals surface area contributed by atoms with E-state index in [-0.39, 0.29) is 11.4 Å². The average Bonchev–Trinajstić information content (AvgIpc) is 2.57. The Morgan fingerprint density at radius 3 is 2.41 bits per heavy atom. The van der Waals surface area contributed by atoms with E-state index in [0.717, 1.165) is 45.3 Å². The summed E-state index contributed by atoms with van der Waals surface area (Å²) >= 11 is 0. The number of benzene rings is 1. The highest BCUT2D eigenvalue weighted by Gasteiger charge is 2.32. The standard InChI is InChI=1S/C18H27NO3/c1-3-8-18(14-20)9-11-19(12-10-18)13-15-4-6-16(7-5-15)17(21)22-2/h4-7,20H,3,8-14H2,1-2H3. The molecule has 1 heterocycles. The van der Waals surface area contributed by atoms with Crippen LogP contribution in [0.3, 0.4) is 0 Å². The molecule has 0 aliphatic carbocycles. The highest BCUT2D eigenvalue weighted by atomic mass is 16.5. The molecular weight excluding hydrogens is 278 g/mol. The van der Waals surface area contributed by atoms with Crippen LogP contribution in [-0.2, 0) is 11.3 Å². The number of hydrogen-bond donors (Lipinski definition) is 1. The maximum absolute atomic E-state index is 11.4. The van der Waals surface area contributed by atoms with Gasteiger partial charge < -0.3 is 9.84 Å². The van der Waals surface area contributed by atoms with Gasteiger partial charge in [0.1, 0.15) is 0 Å². The van der Waals surface area contributed by atoms with Gasteiger partial charge in [0.15, 0.2) is 0 Å². The van der Waals surface area contributed by atoms with Crippen LogP contribution in [0.4, 0.5) is 0 Å². The van der Waals surface area contributed by atoms with Crippen LogP contribution in [0.25, 0.3) is 0 Å². The van der Waals surface area contributed by atoms with Crippen molar-refractivity contribution in [1.29, 1.82) is 0 Å². The predicted molar refractivity (Wildman–Crippen MR) is 86.7 cm³/mol. The molecule has 2 rings (SSSR count). The Balaban J connectivity index is 1.89. The molecule has 0 bridgehead atoms. The van der Waals surface area contributed by atoms with Gasteiger partial charge in [-0.1, -0.05) is 25.5 Å². The molecule has 0 spiro atoms. The van der Waals surface area contributed by atoms with Crippen molar-refractivity contribution < 1.29 is 14.6 Å².